The third-order valence-corrected chi connectivity index (χ3v) is 7.89. The van der Waals surface area contributed by atoms with Crippen LogP contribution >= 0.6 is 23.4 Å². The zero-order valence-electron chi connectivity index (χ0n) is 18.2. The van der Waals surface area contributed by atoms with E-state index >= 15 is 0 Å². The summed E-state index contributed by atoms with van der Waals surface area (Å²) in [5.74, 6) is -0.470. The van der Waals surface area contributed by atoms with E-state index in [2.05, 4.69) is 11.9 Å². The van der Waals surface area contributed by atoms with Crippen LogP contribution < -0.4 is 5.32 Å². The van der Waals surface area contributed by atoms with Crippen molar-refractivity contribution < 1.29 is 18.3 Å². The maximum atomic E-state index is 14.7. The van der Waals surface area contributed by atoms with Crippen LogP contribution in [0.25, 0.3) is 11.1 Å². The highest BCUT2D eigenvalue weighted by atomic mass is 35.5. The SMILES string of the molecule is C=CC(=O)N1CCN(C(=N)c2cc(Cl)c(-c3ccc(F)cc3F)c3c2NCCS3)C2COCC21. The lowest BCUT2D eigenvalue weighted by Crippen LogP contribution is -2.61. The molecule has 5 rings (SSSR count). The Morgan fingerprint density at radius 3 is 2.71 bits per heavy atom. The number of rotatable bonds is 3. The first-order chi connectivity index (χ1) is 16.4. The summed E-state index contributed by atoms with van der Waals surface area (Å²) in [6.07, 6.45) is 1.31. The summed E-state index contributed by atoms with van der Waals surface area (Å²) in [4.78, 5) is 16.8. The highest BCUT2D eigenvalue weighted by molar-refractivity contribution is 7.99. The number of benzene rings is 2. The molecule has 2 atom stereocenters. The van der Waals surface area contributed by atoms with E-state index in [1.54, 1.807) is 11.0 Å². The lowest BCUT2D eigenvalue weighted by molar-refractivity contribution is -0.130. The Bertz CT molecular complexity index is 1190. The van der Waals surface area contributed by atoms with Crippen LogP contribution in [0, 0.1) is 17.0 Å². The molecule has 3 aliphatic heterocycles. The summed E-state index contributed by atoms with van der Waals surface area (Å²) in [5.41, 5.74) is 2.03. The lowest BCUT2D eigenvalue weighted by atomic mass is 9.98. The van der Waals surface area contributed by atoms with E-state index in [9.17, 15) is 13.6 Å². The molecule has 178 valence electrons. The molecule has 1 amide bonds. The Balaban J connectivity index is 1.55. The Hall–Kier alpha value is -2.62. The zero-order valence-corrected chi connectivity index (χ0v) is 19.8. The Labute approximate surface area is 205 Å². The number of carbonyl (C=O) groups is 1. The minimum Gasteiger partial charge on any atom is -0.383 e. The Morgan fingerprint density at radius 1 is 1.24 bits per heavy atom. The van der Waals surface area contributed by atoms with E-state index in [4.69, 9.17) is 21.7 Å². The van der Waals surface area contributed by atoms with Gasteiger partial charge in [0.15, 0.2) is 0 Å². The van der Waals surface area contributed by atoms with Gasteiger partial charge in [0.25, 0.3) is 0 Å². The van der Waals surface area contributed by atoms with Crippen LogP contribution in [-0.4, -0.2) is 72.2 Å². The molecule has 2 fully saturated rings. The van der Waals surface area contributed by atoms with E-state index < -0.39 is 11.6 Å². The first-order valence-electron chi connectivity index (χ1n) is 11.0. The topological polar surface area (TPSA) is 68.7 Å². The van der Waals surface area contributed by atoms with Crippen LogP contribution in [0.3, 0.4) is 0 Å². The van der Waals surface area contributed by atoms with Gasteiger partial charge in [0.1, 0.15) is 17.5 Å². The van der Waals surface area contributed by atoms with Crippen LogP contribution in [0.2, 0.25) is 5.02 Å². The van der Waals surface area contributed by atoms with Gasteiger partial charge >= 0.3 is 0 Å². The maximum Gasteiger partial charge on any atom is 0.246 e. The smallest absolute Gasteiger partial charge is 0.246 e. The van der Waals surface area contributed by atoms with Crippen molar-refractivity contribution in [2.75, 3.05) is 43.9 Å². The zero-order chi connectivity index (χ0) is 24.0. The number of thioether (sulfide) groups is 1. The molecule has 10 heteroatoms. The molecule has 0 bridgehead atoms. The highest BCUT2D eigenvalue weighted by Gasteiger charge is 2.43. The van der Waals surface area contributed by atoms with E-state index in [1.807, 2.05) is 4.90 Å². The quantitative estimate of drug-likeness (QED) is 0.372. The predicted molar refractivity (Wildman–Crippen MR) is 130 cm³/mol. The van der Waals surface area contributed by atoms with E-state index in [0.717, 1.165) is 16.7 Å². The van der Waals surface area contributed by atoms with Crippen LogP contribution in [0.1, 0.15) is 5.56 Å². The summed E-state index contributed by atoms with van der Waals surface area (Å²) >= 11 is 8.22. The third-order valence-electron chi connectivity index (χ3n) is 6.49. The molecule has 2 aromatic carbocycles. The van der Waals surface area contributed by atoms with Gasteiger partial charge in [0, 0.05) is 53.0 Å². The molecule has 2 N–H and O–H groups in total. The van der Waals surface area contributed by atoms with E-state index in [0.29, 0.717) is 54.7 Å². The van der Waals surface area contributed by atoms with Crippen molar-refractivity contribution >= 4 is 40.8 Å². The fraction of sp³-hybridized carbons (Fsp3) is 0.333. The molecular weight excluding hydrogens is 482 g/mol. The first-order valence-corrected chi connectivity index (χ1v) is 12.3. The summed E-state index contributed by atoms with van der Waals surface area (Å²) in [7, 11) is 0. The lowest BCUT2D eigenvalue weighted by Gasteiger charge is -2.44. The molecule has 6 nitrogen and oxygen atoms in total. The summed E-state index contributed by atoms with van der Waals surface area (Å²) in [6.45, 7) is 6.01. The van der Waals surface area contributed by atoms with Crippen molar-refractivity contribution in [3.05, 3.63) is 59.1 Å². The molecule has 34 heavy (non-hydrogen) atoms. The summed E-state index contributed by atoms with van der Waals surface area (Å²) in [6, 6.07) is 4.79. The number of anilines is 1. The van der Waals surface area contributed by atoms with Crippen molar-refractivity contribution in [2.45, 2.75) is 17.0 Å². The fourth-order valence-electron chi connectivity index (χ4n) is 4.90. The Morgan fingerprint density at radius 2 is 1.97 bits per heavy atom. The monoisotopic (exact) mass is 504 g/mol. The number of amidine groups is 1. The number of halogens is 3. The number of hydrogen-bond acceptors (Lipinski definition) is 5. The minimum absolute atomic E-state index is 0.143. The first kappa shape index (κ1) is 23.1. The minimum atomic E-state index is -0.688. The van der Waals surface area contributed by atoms with Crippen molar-refractivity contribution in [3.8, 4) is 11.1 Å². The largest absolute Gasteiger partial charge is 0.383 e. The summed E-state index contributed by atoms with van der Waals surface area (Å²) < 4.78 is 33.9. The second kappa shape index (κ2) is 9.20. The van der Waals surface area contributed by atoms with Crippen LogP contribution in [0.5, 0.6) is 0 Å². The van der Waals surface area contributed by atoms with Gasteiger partial charge in [-0.1, -0.05) is 18.2 Å². The summed E-state index contributed by atoms with van der Waals surface area (Å²) in [5, 5.41) is 12.7. The molecule has 2 saturated heterocycles. The van der Waals surface area contributed by atoms with Crippen molar-refractivity contribution in [1.82, 2.24) is 9.80 Å². The van der Waals surface area contributed by atoms with Crippen LogP contribution in [-0.2, 0) is 9.53 Å². The van der Waals surface area contributed by atoms with Gasteiger partial charge in [-0.05, 0) is 24.3 Å². The number of fused-ring (bicyclic) bond motifs is 2. The van der Waals surface area contributed by atoms with Crippen molar-refractivity contribution in [3.63, 3.8) is 0 Å². The van der Waals surface area contributed by atoms with Gasteiger partial charge in [-0.3, -0.25) is 10.2 Å². The normalized spacial score (nSPS) is 21.5. The van der Waals surface area contributed by atoms with Gasteiger partial charge in [-0.2, -0.15) is 0 Å². The predicted octanol–water partition coefficient (Wildman–Crippen LogP) is 4.23. The molecular formula is C24H23ClF2N4O2S. The molecule has 3 heterocycles. The molecule has 2 aromatic rings. The van der Waals surface area contributed by atoms with Crippen LogP contribution in [0.4, 0.5) is 14.5 Å². The Kier molecular flexibility index (Phi) is 6.26. The third kappa shape index (κ3) is 3.85. The molecule has 0 saturated carbocycles. The number of hydrogen-bond donors (Lipinski definition) is 2. The van der Waals surface area contributed by atoms with E-state index in [1.165, 1.54) is 30.0 Å². The molecule has 0 spiro atoms. The van der Waals surface area contributed by atoms with Crippen molar-refractivity contribution in [2.24, 2.45) is 0 Å². The van der Waals surface area contributed by atoms with Gasteiger partial charge in [-0.15, -0.1) is 11.8 Å². The van der Waals surface area contributed by atoms with Crippen LogP contribution in [0.15, 0.2) is 41.8 Å². The van der Waals surface area contributed by atoms with Gasteiger partial charge < -0.3 is 19.9 Å². The average molecular weight is 505 g/mol. The molecule has 2 unspecified atom stereocenters. The second-order valence-corrected chi connectivity index (χ2v) is 9.85. The number of ether oxygens (including phenoxy) is 1. The fourth-order valence-corrected chi connectivity index (χ4v) is 6.36. The molecule has 0 aliphatic carbocycles. The van der Waals surface area contributed by atoms with Gasteiger partial charge in [-0.25, -0.2) is 8.78 Å². The number of nitrogens with one attached hydrogen (secondary N) is 2. The molecule has 0 aromatic heterocycles. The maximum absolute atomic E-state index is 14.7. The number of carbonyl (C=O) groups excluding carboxylic acids is 1. The van der Waals surface area contributed by atoms with E-state index in [-0.39, 0.29) is 29.4 Å². The number of nitrogens with zero attached hydrogens (tertiary/aromatic N) is 2. The molecule has 0 radical (unpaired) electrons. The molecule has 3 aliphatic rings. The second-order valence-electron chi connectivity index (χ2n) is 8.33. The standard InChI is InChI=1S/C24H23ClF2N4O2S/c1-2-20(32)30-6-7-31(19-12-33-11-18(19)30)24(28)15-10-16(25)21(23-22(15)29-5-8-34-23)14-4-3-13(26)9-17(14)27/h2-4,9-10,18-19,28-29H,1,5-8,11-12H2. The van der Waals surface area contributed by atoms with Gasteiger partial charge in [0.2, 0.25) is 5.91 Å². The number of amides is 1. The van der Waals surface area contributed by atoms with Crippen molar-refractivity contribution in [1.29, 1.82) is 5.41 Å². The number of piperazine rings is 1. The average Bonchev–Trinajstić information content (AvgIpc) is 3.33. The van der Waals surface area contributed by atoms with Gasteiger partial charge in [0.05, 0.1) is 36.0 Å². The highest BCUT2D eigenvalue weighted by Crippen LogP contribution is 2.47.